The number of benzene rings is 4. The summed E-state index contributed by atoms with van der Waals surface area (Å²) in [7, 11) is 0. The van der Waals surface area contributed by atoms with Crippen LogP contribution < -0.4 is 21.3 Å². The summed E-state index contributed by atoms with van der Waals surface area (Å²) in [5.74, 6) is -0.221. The minimum Gasteiger partial charge on any atom is -0.361 e. The van der Waals surface area contributed by atoms with E-state index in [1.165, 1.54) is 12.2 Å². The van der Waals surface area contributed by atoms with Crippen LogP contribution >= 0.6 is 63.7 Å². The number of ketones is 2. The normalized spacial score (nSPS) is 14.9. The Kier molecular flexibility index (Phi) is 11.4. The first-order valence-electron chi connectivity index (χ1n) is 16.5. The molecular formula is C41H26Br4N6O4. The van der Waals surface area contributed by atoms with Crippen LogP contribution in [0, 0.1) is 0 Å². The van der Waals surface area contributed by atoms with Crippen LogP contribution in [-0.2, 0) is 9.59 Å². The number of halogens is 4. The van der Waals surface area contributed by atoms with Crippen LogP contribution in [0.15, 0.2) is 157 Å². The molecule has 2 amide bonds. The second-order valence-electron chi connectivity index (χ2n) is 12.1. The fraction of sp³-hybridized carbons (Fsp3) is 0. The number of imidazole rings is 1. The van der Waals surface area contributed by atoms with Crippen molar-refractivity contribution in [3.8, 4) is 11.4 Å². The molecule has 0 aliphatic heterocycles. The van der Waals surface area contributed by atoms with Gasteiger partial charge < -0.3 is 26.3 Å². The maximum absolute atomic E-state index is 13.3. The molecule has 5 aromatic rings. The zero-order valence-electron chi connectivity index (χ0n) is 28.2. The van der Waals surface area contributed by atoms with Gasteiger partial charge in [-0.15, -0.1) is 0 Å². The van der Waals surface area contributed by atoms with Gasteiger partial charge in [0.25, 0.3) is 11.8 Å². The molecule has 272 valence electrons. The van der Waals surface area contributed by atoms with Crippen molar-refractivity contribution in [2.45, 2.75) is 0 Å². The Hall–Kier alpha value is -5.41. The number of carbonyl (C=O) groups excluding carboxylic acids is 4. The third kappa shape index (κ3) is 8.62. The van der Waals surface area contributed by atoms with E-state index in [0.29, 0.717) is 68.6 Å². The van der Waals surface area contributed by atoms with Crippen LogP contribution in [0.25, 0.3) is 22.4 Å². The highest BCUT2D eigenvalue weighted by molar-refractivity contribution is 9.11. The predicted molar refractivity (Wildman–Crippen MR) is 231 cm³/mol. The monoisotopic (exact) mass is 982 g/mol. The van der Waals surface area contributed by atoms with Crippen LogP contribution in [0.1, 0.15) is 20.7 Å². The maximum Gasteiger partial charge on any atom is 0.255 e. The third-order valence-corrected chi connectivity index (χ3v) is 11.0. The smallest absolute Gasteiger partial charge is 0.255 e. The van der Waals surface area contributed by atoms with Gasteiger partial charge in [-0.3, -0.25) is 19.2 Å². The van der Waals surface area contributed by atoms with E-state index in [2.05, 4.69) is 90.0 Å². The van der Waals surface area contributed by atoms with Gasteiger partial charge in [0.05, 0.1) is 21.4 Å². The van der Waals surface area contributed by atoms with Crippen molar-refractivity contribution in [3.05, 3.63) is 168 Å². The Bertz CT molecular complexity index is 2580. The minimum atomic E-state index is -0.317. The zero-order chi connectivity index (χ0) is 38.6. The molecule has 5 N–H and O–H groups in total. The Morgan fingerprint density at radius 1 is 0.600 bits per heavy atom. The van der Waals surface area contributed by atoms with Crippen LogP contribution in [0.4, 0.5) is 22.7 Å². The molecule has 10 nitrogen and oxygen atoms in total. The molecule has 55 heavy (non-hydrogen) atoms. The number of H-pyrrole nitrogens is 1. The van der Waals surface area contributed by atoms with E-state index < -0.39 is 0 Å². The molecule has 0 unspecified atom stereocenters. The highest BCUT2D eigenvalue weighted by atomic mass is 79.9. The van der Waals surface area contributed by atoms with Crippen molar-refractivity contribution in [2.24, 2.45) is 0 Å². The van der Waals surface area contributed by atoms with E-state index in [4.69, 9.17) is 4.98 Å². The lowest BCUT2D eigenvalue weighted by atomic mass is 10.1. The summed E-state index contributed by atoms with van der Waals surface area (Å²) in [5.41, 5.74) is 6.53. The highest BCUT2D eigenvalue weighted by Gasteiger charge is 2.19. The van der Waals surface area contributed by atoms with Gasteiger partial charge >= 0.3 is 0 Å². The van der Waals surface area contributed by atoms with Gasteiger partial charge in [-0.2, -0.15) is 0 Å². The Balaban J connectivity index is 1.01. The number of nitrogens with one attached hydrogen (secondary N) is 5. The molecule has 0 bridgehead atoms. The van der Waals surface area contributed by atoms with Crippen molar-refractivity contribution in [1.82, 2.24) is 9.97 Å². The van der Waals surface area contributed by atoms with Crippen LogP contribution in [0.3, 0.4) is 0 Å². The molecule has 1 heterocycles. The number of aromatic amines is 1. The summed E-state index contributed by atoms with van der Waals surface area (Å²) in [6.45, 7) is 0. The molecule has 14 heteroatoms. The number of nitrogens with zero attached hydrogens (tertiary/aromatic N) is 1. The number of hydrogen-bond donors (Lipinski definition) is 5. The lowest BCUT2D eigenvalue weighted by Gasteiger charge is -2.12. The van der Waals surface area contributed by atoms with E-state index in [1.807, 2.05) is 18.2 Å². The summed E-state index contributed by atoms with van der Waals surface area (Å²) in [5, 5.41) is 12.1. The maximum atomic E-state index is 13.3. The lowest BCUT2D eigenvalue weighted by Crippen LogP contribution is -2.13. The number of hydrogen-bond acceptors (Lipinski definition) is 7. The van der Waals surface area contributed by atoms with Crippen LogP contribution in [0.2, 0.25) is 0 Å². The molecule has 0 saturated heterocycles. The van der Waals surface area contributed by atoms with E-state index in [0.717, 1.165) is 16.8 Å². The lowest BCUT2D eigenvalue weighted by molar-refractivity contribution is -0.111. The fourth-order valence-corrected chi connectivity index (χ4v) is 8.33. The largest absolute Gasteiger partial charge is 0.361 e. The predicted octanol–water partition coefficient (Wildman–Crippen LogP) is 10.8. The summed E-state index contributed by atoms with van der Waals surface area (Å²) in [4.78, 5) is 58.6. The summed E-state index contributed by atoms with van der Waals surface area (Å²) in [6, 6.07) is 19.4. The van der Waals surface area contributed by atoms with E-state index in [-0.39, 0.29) is 23.4 Å². The molecule has 2 aliphatic carbocycles. The first-order chi connectivity index (χ1) is 26.5. The van der Waals surface area contributed by atoms with Crippen LogP contribution in [-0.4, -0.2) is 33.3 Å². The van der Waals surface area contributed by atoms with Gasteiger partial charge in [-0.25, -0.2) is 4.98 Å². The number of rotatable bonds is 9. The van der Waals surface area contributed by atoms with Crippen molar-refractivity contribution in [1.29, 1.82) is 0 Å². The van der Waals surface area contributed by atoms with Crippen LogP contribution in [0.5, 0.6) is 0 Å². The topological polar surface area (TPSA) is 145 Å². The number of aromatic nitrogens is 2. The van der Waals surface area contributed by atoms with Gasteiger partial charge in [0, 0.05) is 65.0 Å². The van der Waals surface area contributed by atoms with Crippen molar-refractivity contribution in [2.75, 3.05) is 21.3 Å². The van der Waals surface area contributed by atoms with Gasteiger partial charge in [-0.1, -0.05) is 24.3 Å². The highest BCUT2D eigenvalue weighted by Crippen LogP contribution is 2.39. The average molecular weight is 986 g/mol. The fourth-order valence-electron chi connectivity index (χ4n) is 5.50. The standard InChI is InChI=1S/C41H26Br4N6O4/c42-29-17-26(18-30(43)36(29)47-21-25-6-2-4-8-34(25)53)41(55)48-28-15-9-22(10-16-28)39-49-32-19-31(44)37(35(45)38(32)50-39)51-40(54)23-11-13-27(14-12-23)46-20-24-5-1-3-7-33(24)52/h1-21,46-47H,(H,48,55)(H,49,50)(H,51,54)/b24-20-,25-21+. The van der Waals surface area contributed by atoms with Gasteiger partial charge in [-0.05, 0) is 155 Å². The van der Waals surface area contributed by atoms with Crippen molar-refractivity contribution < 1.29 is 19.2 Å². The van der Waals surface area contributed by atoms with Crippen molar-refractivity contribution in [3.63, 3.8) is 0 Å². The van der Waals surface area contributed by atoms with E-state index >= 15 is 0 Å². The summed E-state index contributed by atoms with van der Waals surface area (Å²) in [6.07, 6.45) is 16.6. The molecule has 7 rings (SSSR count). The molecule has 0 fully saturated rings. The van der Waals surface area contributed by atoms with Gasteiger partial charge in [0.15, 0.2) is 11.6 Å². The summed E-state index contributed by atoms with van der Waals surface area (Å²) >= 11 is 14.3. The molecular weight excluding hydrogens is 960 g/mol. The molecule has 1 aromatic heterocycles. The zero-order valence-corrected chi connectivity index (χ0v) is 34.6. The first kappa shape index (κ1) is 37.9. The molecule has 0 saturated carbocycles. The van der Waals surface area contributed by atoms with E-state index in [9.17, 15) is 19.2 Å². The minimum absolute atomic E-state index is 0.0844. The number of carbonyl (C=O) groups is 4. The molecule has 0 atom stereocenters. The van der Waals surface area contributed by atoms with E-state index in [1.54, 1.807) is 97.4 Å². The molecule has 4 aromatic carbocycles. The second-order valence-corrected chi connectivity index (χ2v) is 15.4. The van der Waals surface area contributed by atoms with Gasteiger partial charge in [0.2, 0.25) is 0 Å². The van der Waals surface area contributed by atoms with Crippen molar-refractivity contribution >= 4 is 121 Å². The first-order valence-corrected chi connectivity index (χ1v) is 19.6. The Morgan fingerprint density at radius 3 is 1.76 bits per heavy atom. The number of allylic oxidation sites excluding steroid dienone is 10. The summed E-state index contributed by atoms with van der Waals surface area (Å²) < 4.78 is 2.50. The molecule has 2 aliphatic rings. The molecule has 0 radical (unpaired) electrons. The molecule has 0 spiro atoms. The number of amides is 2. The quantitative estimate of drug-likeness (QED) is 0.0925. The average Bonchev–Trinajstić information content (AvgIpc) is 3.61. The Labute approximate surface area is 348 Å². The number of fused-ring (bicyclic) bond motifs is 1. The number of anilines is 4. The second kappa shape index (κ2) is 16.5. The SMILES string of the molecule is O=C1C=CC=C/C1=C/Nc1ccc(C(=O)Nc2c(Br)cc3[nH]c(-c4ccc(NC(=O)c5cc(Br)c(N/C=C6\C=CC=CC6=O)c(Br)c5)cc4)nc3c2Br)cc1. The van der Waals surface area contributed by atoms with Gasteiger partial charge in [0.1, 0.15) is 11.3 Å². The third-order valence-electron chi connectivity index (χ3n) is 8.38. The Morgan fingerprint density at radius 2 is 1.15 bits per heavy atom.